The number of H-pyrrole nitrogens is 1. The minimum absolute atomic E-state index is 0.0325. The molecule has 1 atom stereocenters. The molecular formula is C23H23N5O2. The molecule has 7 nitrogen and oxygen atoms in total. The van der Waals surface area contributed by atoms with Gasteiger partial charge in [-0.1, -0.05) is 6.07 Å². The largest absolute Gasteiger partial charge is 0.491 e. The van der Waals surface area contributed by atoms with E-state index in [9.17, 15) is 0 Å². The van der Waals surface area contributed by atoms with Crippen molar-refractivity contribution in [3.05, 3.63) is 53.6 Å². The van der Waals surface area contributed by atoms with Crippen molar-refractivity contribution < 1.29 is 9.47 Å². The molecule has 0 amide bonds. The molecule has 5 rings (SSSR count). The van der Waals surface area contributed by atoms with E-state index in [0.717, 1.165) is 57.2 Å². The summed E-state index contributed by atoms with van der Waals surface area (Å²) in [6.45, 7) is 4.55. The van der Waals surface area contributed by atoms with E-state index in [-0.39, 0.29) is 6.10 Å². The van der Waals surface area contributed by atoms with Crippen molar-refractivity contribution in [2.24, 2.45) is 7.05 Å². The third-order valence-corrected chi connectivity index (χ3v) is 5.31. The van der Waals surface area contributed by atoms with Crippen LogP contribution in [-0.4, -0.2) is 37.7 Å². The van der Waals surface area contributed by atoms with Crippen molar-refractivity contribution in [2.45, 2.75) is 26.4 Å². The fourth-order valence-electron chi connectivity index (χ4n) is 3.64. The molecule has 30 heavy (non-hydrogen) atoms. The number of hydrogen-bond donors (Lipinski definition) is 1. The second-order valence-corrected chi connectivity index (χ2v) is 7.59. The van der Waals surface area contributed by atoms with Crippen LogP contribution in [0.5, 0.6) is 11.6 Å². The molecule has 1 unspecified atom stereocenters. The number of nitrogens with one attached hydrogen (secondary N) is 1. The number of ether oxygens (including phenoxy) is 2. The molecule has 3 aromatic heterocycles. The third-order valence-electron chi connectivity index (χ3n) is 5.31. The van der Waals surface area contributed by atoms with Gasteiger partial charge in [0.05, 0.1) is 29.6 Å². The minimum atomic E-state index is -0.0325. The Hall–Kier alpha value is -3.61. The SMILES string of the molecule is Cc1ccc2c(n1)/C=C/c1[nH]nc3ccc(cc13)-c1cnn(C)c1OC(C)CCO2. The van der Waals surface area contributed by atoms with Crippen LogP contribution in [0.25, 0.3) is 34.2 Å². The molecule has 0 radical (unpaired) electrons. The van der Waals surface area contributed by atoms with Gasteiger partial charge in [-0.2, -0.15) is 10.2 Å². The van der Waals surface area contributed by atoms with Crippen LogP contribution in [0.2, 0.25) is 0 Å². The van der Waals surface area contributed by atoms with Gasteiger partial charge >= 0.3 is 0 Å². The number of fused-ring (bicyclic) bond motifs is 4. The molecule has 4 heterocycles. The Morgan fingerprint density at radius 3 is 2.97 bits per heavy atom. The molecule has 7 heteroatoms. The van der Waals surface area contributed by atoms with Crippen molar-refractivity contribution in [3.8, 4) is 22.8 Å². The number of hydrogen-bond acceptors (Lipinski definition) is 5. The van der Waals surface area contributed by atoms with E-state index in [1.165, 1.54) is 0 Å². The number of aromatic nitrogens is 5. The summed E-state index contributed by atoms with van der Waals surface area (Å²) < 4.78 is 14.1. The maximum Gasteiger partial charge on any atom is 0.219 e. The minimum Gasteiger partial charge on any atom is -0.491 e. The zero-order valence-corrected chi connectivity index (χ0v) is 17.2. The normalized spacial score (nSPS) is 17.4. The predicted octanol–water partition coefficient (Wildman–Crippen LogP) is 4.39. The van der Waals surface area contributed by atoms with Crippen LogP contribution in [-0.2, 0) is 7.05 Å². The molecule has 0 aliphatic carbocycles. The van der Waals surface area contributed by atoms with Crippen LogP contribution in [0.15, 0.2) is 36.5 Å². The van der Waals surface area contributed by atoms with E-state index in [2.05, 4.69) is 26.3 Å². The summed E-state index contributed by atoms with van der Waals surface area (Å²) in [6, 6.07) is 10.1. The zero-order chi connectivity index (χ0) is 20.7. The third kappa shape index (κ3) is 3.32. The summed E-state index contributed by atoms with van der Waals surface area (Å²) in [5.74, 6) is 1.50. The lowest BCUT2D eigenvalue weighted by Crippen LogP contribution is -2.18. The number of aryl methyl sites for hydroxylation is 2. The molecule has 1 aliphatic heterocycles. The fourth-order valence-corrected chi connectivity index (χ4v) is 3.64. The molecular weight excluding hydrogens is 378 g/mol. The lowest BCUT2D eigenvalue weighted by molar-refractivity contribution is 0.165. The van der Waals surface area contributed by atoms with Crippen LogP contribution in [0.3, 0.4) is 0 Å². The molecule has 1 N–H and O–H groups in total. The molecule has 4 aromatic rings. The second-order valence-electron chi connectivity index (χ2n) is 7.59. The van der Waals surface area contributed by atoms with E-state index < -0.39 is 0 Å². The molecule has 0 spiro atoms. The van der Waals surface area contributed by atoms with E-state index in [4.69, 9.17) is 9.47 Å². The van der Waals surface area contributed by atoms with Gasteiger partial charge in [0.25, 0.3) is 0 Å². The lowest BCUT2D eigenvalue weighted by atomic mass is 10.1. The Balaban J connectivity index is 1.67. The summed E-state index contributed by atoms with van der Waals surface area (Å²) in [6.07, 6.45) is 6.52. The van der Waals surface area contributed by atoms with E-state index in [1.807, 2.05) is 63.5 Å². The summed E-state index contributed by atoms with van der Waals surface area (Å²) in [4.78, 5) is 4.65. The van der Waals surface area contributed by atoms with Crippen LogP contribution < -0.4 is 9.47 Å². The maximum absolute atomic E-state index is 6.26. The number of benzene rings is 1. The first-order valence-corrected chi connectivity index (χ1v) is 10.0. The van der Waals surface area contributed by atoms with Gasteiger partial charge in [-0.25, -0.2) is 9.67 Å². The summed E-state index contributed by atoms with van der Waals surface area (Å²) >= 11 is 0. The highest BCUT2D eigenvalue weighted by molar-refractivity contribution is 5.93. The van der Waals surface area contributed by atoms with Crippen molar-refractivity contribution in [2.75, 3.05) is 6.61 Å². The number of nitrogens with zero attached hydrogens (tertiary/aromatic N) is 4. The van der Waals surface area contributed by atoms with Gasteiger partial charge in [-0.15, -0.1) is 0 Å². The van der Waals surface area contributed by atoms with Crippen molar-refractivity contribution in [3.63, 3.8) is 0 Å². The second kappa shape index (κ2) is 7.33. The molecule has 2 bridgehead atoms. The monoisotopic (exact) mass is 401 g/mol. The molecule has 0 saturated carbocycles. The van der Waals surface area contributed by atoms with Crippen LogP contribution >= 0.6 is 0 Å². The highest BCUT2D eigenvalue weighted by atomic mass is 16.5. The Bertz CT molecular complexity index is 1250. The average Bonchev–Trinajstić information content (AvgIpc) is 3.30. The first-order valence-electron chi connectivity index (χ1n) is 10.0. The van der Waals surface area contributed by atoms with Gasteiger partial charge in [0.2, 0.25) is 5.88 Å². The van der Waals surface area contributed by atoms with Gasteiger partial charge in [0.1, 0.15) is 17.5 Å². The maximum atomic E-state index is 6.26. The summed E-state index contributed by atoms with van der Waals surface area (Å²) in [5.41, 5.74) is 5.54. The highest BCUT2D eigenvalue weighted by Gasteiger charge is 2.17. The van der Waals surface area contributed by atoms with E-state index >= 15 is 0 Å². The molecule has 0 saturated heterocycles. The Labute approximate surface area is 174 Å². The highest BCUT2D eigenvalue weighted by Crippen LogP contribution is 2.33. The van der Waals surface area contributed by atoms with Crippen LogP contribution in [0.1, 0.15) is 30.4 Å². The first kappa shape index (κ1) is 18.4. The first-order chi connectivity index (χ1) is 14.6. The number of pyridine rings is 1. The quantitative estimate of drug-likeness (QED) is 0.473. The molecule has 1 aliphatic rings. The van der Waals surface area contributed by atoms with Crippen LogP contribution in [0.4, 0.5) is 0 Å². The molecule has 152 valence electrons. The fraction of sp³-hybridized carbons (Fsp3) is 0.261. The van der Waals surface area contributed by atoms with Gasteiger partial charge in [-0.3, -0.25) is 5.10 Å². The Kier molecular flexibility index (Phi) is 4.50. The van der Waals surface area contributed by atoms with Gasteiger partial charge < -0.3 is 9.47 Å². The summed E-state index contributed by atoms with van der Waals surface area (Å²) in [5, 5.41) is 13.0. The van der Waals surface area contributed by atoms with Crippen LogP contribution in [0, 0.1) is 6.92 Å². The smallest absolute Gasteiger partial charge is 0.219 e. The number of rotatable bonds is 0. The predicted molar refractivity (Wildman–Crippen MR) is 116 cm³/mol. The van der Waals surface area contributed by atoms with E-state index in [0.29, 0.717) is 6.61 Å². The van der Waals surface area contributed by atoms with Crippen molar-refractivity contribution in [1.82, 2.24) is 25.0 Å². The molecule has 1 aromatic carbocycles. The summed E-state index contributed by atoms with van der Waals surface area (Å²) in [7, 11) is 1.89. The molecule has 0 fully saturated rings. The topological polar surface area (TPSA) is 77.9 Å². The standard InChI is InChI=1S/C23H23N5O2/c1-14-4-9-22-21(25-14)8-7-20-17-12-16(5-6-19(17)26-27-20)18-13-24-28(3)23(18)30-15(2)10-11-29-22/h4-9,12-13,15H,10-11H2,1-3H3,(H,26,27)/b8-7+. The Morgan fingerprint density at radius 2 is 2.07 bits per heavy atom. The Morgan fingerprint density at radius 1 is 1.17 bits per heavy atom. The number of aromatic amines is 1. The van der Waals surface area contributed by atoms with Crippen molar-refractivity contribution >= 4 is 23.1 Å². The van der Waals surface area contributed by atoms with E-state index in [1.54, 1.807) is 4.68 Å². The van der Waals surface area contributed by atoms with Gasteiger partial charge in [-0.05, 0) is 55.8 Å². The van der Waals surface area contributed by atoms with Gasteiger partial charge in [0, 0.05) is 24.5 Å². The van der Waals surface area contributed by atoms with Gasteiger partial charge in [0.15, 0.2) is 0 Å². The zero-order valence-electron chi connectivity index (χ0n) is 17.2. The lowest BCUT2D eigenvalue weighted by Gasteiger charge is -2.17. The average molecular weight is 401 g/mol. The van der Waals surface area contributed by atoms with Crippen molar-refractivity contribution in [1.29, 1.82) is 0 Å².